The van der Waals surface area contributed by atoms with Crippen molar-refractivity contribution < 1.29 is 5.11 Å². The van der Waals surface area contributed by atoms with E-state index >= 15 is 0 Å². The third kappa shape index (κ3) is 5.42. The Hall–Kier alpha value is -0.0400. The van der Waals surface area contributed by atoms with Gasteiger partial charge in [0.2, 0.25) is 0 Å². The summed E-state index contributed by atoms with van der Waals surface area (Å²) >= 11 is 0. The molecule has 0 bridgehead atoms. The van der Waals surface area contributed by atoms with Gasteiger partial charge in [0, 0.05) is 0 Å². The first-order valence-corrected chi connectivity index (χ1v) is 7.80. The summed E-state index contributed by atoms with van der Waals surface area (Å²) in [4.78, 5) is 0. The van der Waals surface area contributed by atoms with Gasteiger partial charge in [0.15, 0.2) is 0 Å². The highest BCUT2D eigenvalue weighted by molar-refractivity contribution is 4.94. The zero-order chi connectivity index (χ0) is 12.7. The molecule has 1 fully saturated rings. The SMILES string of the molecule is CCCCCCCCCC1(O)CC(C(C)C)C1. The van der Waals surface area contributed by atoms with Crippen molar-refractivity contribution in [3.63, 3.8) is 0 Å². The molecule has 0 atom stereocenters. The Balaban J connectivity index is 1.93. The summed E-state index contributed by atoms with van der Waals surface area (Å²) < 4.78 is 0. The van der Waals surface area contributed by atoms with Gasteiger partial charge in [0.05, 0.1) is 5.60 Å². The van der Waals surface area contributed by atoms with Crippen LogP contribution in [0.2, 0.25) is 0 Å². The fourth-order valence-corrected chi connectivity index (χ4v) is 3.00. The molecule has 17 heavy (non-hydrogen) atoms. The fourth-order valence-electron chi connectivity index (χ4n) is 3.00. The molecule has 1 aliphatic carbocycles. The number of unbranched alkanes of at least 4 members (excludes halogenated alkanes) is 6. The van der Waals surface area contributed by atoms with Crippen molar-refractivity contribution in [1.82, 2.24) is 0 Å². The number of aliphatic hydroxyl groups is 1. The highest BCUT2D eigenvalue weighted by atomic mass is 16.3. The molecule has 102 valence electrons. The summed E-state index contributed by atoms with van der Waals surface area (Å²) in [6.07, 6.45) is 12.6. The molecule has 1 aliphatic rings. The maximum atomic E-state index is 10.3. The van der Waals surface area contributed by atoms with Crippen LogP contribution in [-0.2, 0) is 0 Å². The average molecular weight is 240 g/mol. The topological polar surface area (TPSA) is 20.2 Å². The molecule has 0 aromatic rings. The molecule has 1 nitrogen and oxygen atoms in total. The van der Waals surface area contributed by atoms with Gasteiger partial charge < -0.3 is 5.11 Å². The molecule has 0 heterocycles. The number of hydrogen-bond donors (Lipinski definition) is 1. The van der Waals surface area contributed by atoms with Crippen molar-refractivity contribution in [2.45, 2.75) is 90.6 Å². The second kappa shape index (κ2) is 7.41. The van der Waals surface area contributed by atoms with E-state index in [0.717, 1.165) is 31.1 Å². The van der Waals surface area contributed by atoms with E-state index < -0.39 is 0 Å². The lowest BCUT2D eigenvalue weighted by molar-refractivity contribution is -0.0936. The van der Waals surface area contributed by atoms with Gasteiger partial charge in [0.1, 0.15) is 0 Å². The van der Waals surface area contributed by atoms with Crippen LogP contribution in [-0.4, -0.2) is 10.7 Å². The number of hydrogen-bond acceptors (Lipinski definition) is 1. The van der Waals surface area contributed by atoms with Gasteiger partial charge in [-0.2, -0.15) is 0 Å². The minimum Gasteiger partial charge on any atom is -0.390 e. The highest BCUT2D eigenvalue weighted by Crippen LogP contribution is 2.44. The third-order valence-corrected chi connectivity index (χ3v) is 4.47. The molecule has 0 radical (unpaired) electrons. The largest absolute Gasteiger partial charge is 0.390 e. The molecular formula is C16H32O. The summed E-state index contributed by atoms with van der Waals surface area (Å²) in [7, 11) is 0. The Kier molecular flexibility index (Phi) is 6.54. The van der Waals surface area contributed by atoms with E-state index in [2.05, 4.69) is 20.8 Å². The zero-order valence-corrected chi connectivity index (χ0v) is 12.2. The van der Waals surface area contributed by atoms with Crippen LogP contribution in [0.3, 0.4) is 0 Å². The summed E-state index contributed by atoms with van der Waals surface area (Å²) in [5.74, 6) is 1.54. The first kappa shape index (κ1) is 15.0. The van der Waals surface area contributed by atoms with Crippen LogP contribution in [0.5, 0.6) is 0 Å². The Morgan fingerprint density at radius 1 is 1.00 bits per heavy atom. The van der Waals surface area contributed by atoms with Crippen molar-refractivity contribution >= 4 is 0 Å². The second-order valence-electron chi connectivity index (χ2n) is 6.51. The zero-order valence-electron chi connectivity index (χ0n) is 12.2. The van der Waals surface area contributed by atoms with Crippen molar-refractivity contribution in [3.05, 3.63) is 0 Å². The van der Waals surface area contributed by atoms with Gasteiger partial charge in [-0.1, -0.05) is 65.7 Å². The molecule has 0 unspecified atom stereocenters. The smallest absolute Gasteiger partial charge is 0.0653 e. The summed E-state index contributed by atoms with van der Waals surface area (Å²) in [6.45, 7) is 6.81. The standard InChI is InChI=1S/C16H32O/c1-4-5-6-7-8-9-10-11-16(17)12-15(13-16)14(2)3/h14-15,17H,4-13H2,1-3H3. The Labute approximate surface area is 108 Å². The molecular weight excluding hydrogens is 208 g/mol. The van der Waals surface area contributed by atoms with Crippen LogP contribution in [0.15, 0.2) is 0 Å². The Bertz CT molecular complexity index is 192. The van der Waals surface area contributed by atoms with E-state index in [0.29, 0.717) is 0 Å². The van der Waals surface area contributed by atoms with Crippen molar-refractivity contribution in [2.24, 2.45) is 11.8 Å². The molecule has 0 spiro atoms. The molecule has 0 amide bonds. The maximum absolute atomic E-state index is 10.3. The van der Waals surface area contributed by atoms with Crippen LogP contribution in [0.1, 0.15) is 85.0 Å². The van der Waals surface area contributed by atoms with Crippen molar-refractivity contribution in [3.8, 4) is 0 Å². The van der Waals surface area contributed by atoms with E-state index in [1.807, 2.05) is 0 Å². The molecule has 0 aromatic carbocycles. The summed E-state index contributed by atoms with van der Waals surface area (Å²) in [6, 6.07) is 0. The molecule has 1 heteroatoms. The fraction of sp³-hybridized carbons (Fsp3) is 1.00. The lowest BCUT2D eigenvalue weighted by atomic mass is 9.64. The molecule has 0 saturated heterocycles. The van der Waals surface area contributed by atoms with Gasteiger partial charge >= 0.3 is 0 Å². The first-order valence-electron chi connectivity index (χ1n) is 7.80. The monoisotopic (exact) mass is 240 g/mol. The Morgan fingerprint density at radius 2 is 1.53 bits per heavy atom. The highest BCUT2D eigenvalue weighted by Gasteiger charge is 2.42. The first-order chi connectivity index (χ1) is 8.07. The normalized spacial score (nSPS) is 28.4. The molecule has 0 aliphatic heterocycles. The van der Waals surface area contributed by atoms with Gasteiger partial charge in [-0.25, -0.2) is 0 Å². The summed E-state index contributed by atoms with van der Waals surface area (Å²) in [5.41, 5.74) is -0.279. The lowest BCUT2D eigenvalue weighted by Gasteiger charge is -2.46. The van der Waals surface area contributed by atoms with Gasteiger partial charge in [-0.3, -0.25) is 0 Å². The molecule has 1 rings (SSSR count). The van der Waals surface area contributed by atoms with Crippen molar-refractivity contribution in [2.75, 3.05) is 0 Å². The lowest BCUT2D eigenvalue weighted by Crippen LogP contribution is -2.45. The minimum atomic E-state index is -0.279. The second-order valence-corrected chi connectivity index (χ2v) is 6.51. The summed E-state index contributed by atoms with van der Waals surface area (Å²) in [5, 5.41) is 10.3. The van der Waals surface area contributed by atoms with E-state index in [1.54, 1.807) is 0 Å². The van der Waals surface area contributed by atoms with Crippen LogP contribution in [0.25, 0.3) is 0 Å². The molecule has 1 saturated carbocycles. The third-order valence-electron chi connectivity index (χ3n) is 4.47. The van der Waals surface area contributed by atoms with E-state index in [9.17, 15) is 5.11 Å². The van der Waals surface area contributed by atoms with E-state index in [4.69, 9.17) is 0 Å². The van der Waals surface area contributed by atoms with Crippen LogP contribution >= 0.6 is 0 Å². The maximum Gasteiger partial charge on any atom is 0.0653 e. The predicted octanol–water partition coefficient (Wildman–Crippen LogP) is 4.92. The van der Waals surface area contributed by atoms with Crippen LogP contribution in [0, 0.1) is 11.8 Å². The quantitative estimate of drug-likeness (QED) is 0.567. The van der Waals surface area contributed by atoms with Crippen molar-refractivity contribution in [1.29, 1.82) is 0 Å². The number of rotatable bonds is 9. The van der Waals surface area contributed by atoms with E-state index in [-0.39, 0.29) is 5.60 Å². The van der Waals surface area contributed by atoms with Gasteiger partial charge in [-0.05, 0) is 31.1 Å². The average Bonchev–Trinajstić information content (AvgIpc) is 2.24. The minimum absolute atomic E-state index is 0.279. The Morgan fingerprint density at radius 3 is 2.06 bits per heavy atom. The predicted molar refractivity (Wildman–Crippen MR) is 75.1 cm³/mol. The van der Waals surface area contributed by atoms with E-state index in [1.165, 1.54) is 44.9 Å². The molecule has 1 N–H and O–H groups in total. The van der Waals surface area contributed by atoms with Gasteiger partial charge in [-0.15, -0.1) is 0 Å². The van der Waals surface area contributed by atoms with Crippen LogP contribution < -0.4 is 0 Å². The van der Waals surface area contributed by atoms with Crippen LogP contribution in [0.4, 0.5) is 0 Å². The molecule has 0 aromatic heterocycles. The van der Waals surface area contributed by atoms with Gasteiger partial charge in [0.25, 0.3) is 0 Å².